The van der Waals surface area contributed by atoms with Gasteiger partial charge in [-0.3, -0.25) is 4.79 Å². The number of carbonyl (C=O) groups is 2. The van der Waals surface area contributed by atoms with Crippen molar-refractivity contribution in [2.75, 3.05) is 0 Å². The highest BCUT2D eigenvalue weighted by molar-refractivity contribution is 5.79. The van der Waals surface area contributed by atoms with Crippen molar-refractivity contribution < 1.29 is 9.59 Å². The molecule has 0 rings (SSSR count). The number of hydrogen-bond donors (Lipinski definition) is 0. The summed E-state index contributed by atoms with van der Waals surface area (Å²) in [7, 11) is 0. The van der Waals surface area contributed by atoms with Crippen LogP contribution in [0.15, 0.2) is 0 Å². The molecule has 0 unspecified atom stereocenters. The van der Waals surface area contributed by atoms with Gasteiger partial charge in [0.1, 0.15) is 12.1 Å². The van der Waals surface area contributed by atoms with Gasteiger partial charge in [0.05, 0.1) is 0 Å². The lowest BCUT2D eigenvalue weighted by Crippen LogP contribution is -2.17. The molecule has 82 valence electrons. The Bertz CT molecular complexity index is 183. The first-order chi connectivity index (χ1) is 6.52. The zero-order chi connectivity index (χ0) is 11.0. The van der Waals surface area contributed by atoms with Crippen molar-refractivity contribution in [2.24, 2.45) is 5.41 Å². The minimum atomic E-state index is -0.148. The molecule has 14 heavy (non-hydrogen) atoms. The van der Waals surface area contributed by atoms with E-state index in [0.717, 1.165) is 25.5 Å². The number of aldehydes is 1. The Morgan fingerprint density at radius 3 is 2.43 bits per heavy atom. The second-order valence-corrected chi connectivity index (χ2v) is 4.71. The number of unbranched alkanes of at least 4 members (excludes halogenated alkanes) is 2. The number of Topliss-reactive ketones (excluding diaryl/α,β-unsaturated/α-hetero) is 1. The summed E-state index contributed by atoms with van der Waals surface area (Å²) in [5.74, 6) is 0.297. The summed E-state index contributed by atoms with van der Waals surface area (Å²) in [6.45, 7) is 6.07. The van der Waals surface area contributed by atoms with Gasteiger partial charge < -0.3 is 4.79 Å². The maximum Gasteiger partial charge on any atom is 0.133 e. The number of rotatable bonds is 8. The van der Waals surface area contributed by atoms with Crippen LogP contribution in [-0.2, 0) is 9.59 Å². The first-order valence-electron chi connectivity index (χ1n) is 5.47. The molecule has 0 aromatic heterocycles. The average molecular weight is 198 g/mol. The van der Waals surface area contributed by atoms with E-state index in [1.165, 1.54) is 0 Å². The summed E-state index contributed by atoms with van der Waals surface area (Å²) in [6.07, 6.45) is 5.86. The van der Waals surface area contributed by atoms with Gasteiger partial charge >= 0.3 is 0 Å². The predicted octanol–water partition coefficient (Wildman–Crippen LogP) is 3.14. The Kier molecular flexibility index (Phi) is 6.43. The Morgan fingerprint density at radius 2 is 1.93 bits per heavy atom. The van der Waals surface area contributed by atoms with E-state index in [1.807, 2.05) is 13.8 Å². The lowest BCUT2D eigenvalue weighted by atomic mass is 9.83. The molecule has 0 saturated heterocycles. The molecule has 0 aliphatic rings. The van der Waals surface area contributed by atoms with Gasteiger partial charge in [-0.05, 0) is 11.8 Å². The van der Waals surface area contributed by atoms with Crippen molar-refractivity contribution in [3.05, 3.63) is 0 Å². The van der Waals surface area contributed by atoms with Crippen LogP contribution in [0.25, 0.3) is 0 Å². The maximum atomic E-state index is 11.5. The zero-order valence-electron chi connectivity index (χ0n) is 9.64. The first kappa shape index (κ1) is 13.3. The average Bonchev–Trinajstić information content (AvgIpc) is 2.03. The van der Waals surface area contributed by atoms with Gasteiger partial charge in [0.25, 0.3) is 0 Å². The summed E-state index contributed by atoms with van der Waals surface area (Å²) in [6, 6.07) is 0. The second-order valence-electron chi connectivity index (χ2n) is 4.71. The van der Waals surface area contributed by atoms with Crippen molar-refractivity contribution in [2.45, 2.75) is 59.3 Å². The molecule has 0 aliphatic carbocycles. The van der Waals surface area contributed by atoms with Gasteiger partial charge in [-0.2, -0.15) is 0 Å². The van der Waals surface area contributed by atoms with Crippen molar-refractivity contribution in [1.82, 2.24) is 0 Å². The third kappa shape index (κ3) is 6.81. The fourth-order valence-corrected chi connectivity index (χ4v) is 1.49. The highest BCUT2D eigenvalue weighted by Gasteiger charge is 2.20. The monoisotopic (exact) mass is 198 g/mol. The molecule has 0 radical (unpaired) electrons. The lowest BCUT2D eigenvalue weighted by molar-refractivity contribution is -0.121. The minimum absolute atomic E-state index is 0.148. The van der Waals surface area contributed by atoms with Crippen LogP contribution in [0.1, 0.15) is 59.3 Å². The van der Waals surface area contributed by atoms with Crippen LogP contribution in [-0.4, -0.2) is 12.1 Å². The molecule has 0 aromatic carbocycles. The van der Waals surface area contributed by atoms with Crippen LogP contribution in [0.2, 0.25) is 0 Å². The zero-order valence-corrected chi connectivity index (χ0v) is 9.64. The summed E-state index contributed by atoms with van der Waals surface area (Å²) in [4.78, 5) is 21.8. The highest BCUT2D eigenvalue weighted by Crippen LogP contribution is 2.24. The van der Waals surface area contributed by atoms with Crippen LogP contribution >= 0.6 is 0 Å². The van der Waals surface area contributed by atoms with Crippen molar-refractivity contribution in [1.29, 1.82) is 0 Å². The van der Waals surface area contributed by atoms with Crippen LogP contribution in [0.5, 0.6) is 0 Å². The molecule has 2 heteroatoms. The second kappa shape index (κ2) is 6.74. The molecule has 0 fully saturated rings. The van der Waals surface area contributed by atoms with Gasteiger partial charge in [0.2, 0.25) is 0 Å². The molecule has 0 bridgehead atoms. The summed E-state index contributed by atoms with van der Waals surface area (Å²) >= 11 is 0. The van der Waals surface area contributed by atoms with Crippen LogP contribution in [0.4, 0.5) is 0 Å². The molecule has 2 nitrogen and oxygen atoms in total. The predicted molar refractivity (Wildman–Crippen MR) is 58.2 cm³/mol. The van der Waals surface area contributed by atoms with Gasteiger partial charge in [-0.1, -0.05) is 33.6 Å². The molecule has 0 aromatic rings. The Labute approximate surface area is 87.1 Å². The normalized spacial score (nSPS) is 11.4. The Balaban J connectivity index is 3.75. The van der Waals surface area contributed by atoms with E-state index in [-0.39, 0.29) is 5.41 Å². The molecule has 0 spiro atoms. The van der Waals surface area contributed by atoms with Crippen LogP contribution < -0.4 is 0 Å². The van der Waals surface area contributed by atoms with Gasteiger partial charge in [-0.15, -0.1) is 0 Å². The summed E-state index contributed by atoms with van der Waals surface area (Å²) in [5.41, 5.74) is -0.148. The fraction of sp³-hybridized carbons (Fsp3) is 0.833. The van der Waals surface area contributed by atoms with E-state index in [9.17, 15) is 9.59 Å². The smallest absolute Gasteiger partial charge is 0.133 e. The maximum absolute atomic E-state index is 11.5. The molecule has 0 heterocycles. The van der Waals surface area contributed by atoms with E-state index < -0.39 is 0 Å². The van der Waals surface area contributed by atoms with Crippen molar-refractivity contribution >= 4 is 12.1 Å². The van der Waals surface area contributed by atoms with Crippen molar-refractivity contribution in [3.8, 4) is 0 Å². The fourth-order valence-electron chi connectivity index (χ4n) is 1.49. The SMILES string of the molecule is CCCCCC(=O)CC(C)(C)CC=O. The van der Waals surface area contributed by atoms with Gasteiger partial charge in [-0.25, -0.2) is 0 Å². The standard InChI is InChI=1S/C12H22O2/c1-4-5-6-7-11(14)10-12(2,3)8-9-13/h9H,4-8,10H2,1-3H3. The Morgan fingerprint density at radius 1 is 1.29 bits per heavy atom. The minimum Gasteiger partial charge on any atom is -0.303 e. The van der Waals surface area contributed by atoms with E-state index in [0.29, 0.717) is 25.0 Å². The topological polar surface area (TPSA) is 34.1 Å². The largest absolute Gasteiger partial charge is 0.303 e. The Hall–Kier alpha value is -0.660. The van der Waals surface area contributed by atoms with E-state index >= 15 is 0 Å². The molecule has 0 amide bonds. The van der Waals surface area contributed by atoms with Crippen LogP contribution in [0.3, 0.4) is 0 Å². The molecular weight excluding hydrogens is 176 g/mol. The third-order valence-corrected chi connectivity index (χ3v) is 2.37. The summed E-state index contributed by atoms with van der Waals surface area (Å²) < 4.78 is 0. The number of carbonyl (C=O) groups excluding carboxylic acids is 2. The molecule has 0 saturated carbocycles. The van der Waals surface area contributed by atoms with E-state index in [4.69, 9.17) is 0 Å². The first-order valence-corrected chi connectivity index (χ1v) is 5.47. The summed E-state index contributed by atoms with van der Waals surface area (Å²) in [5, 5.41) is 0. The lowest BCUT2D eigenvalue weighted by Gasteiger charge is -2.20. The van der Waals surface area contributed by atoms with Crippen LogP contribution in [0, 0.1) is 5.41 Å². The highest BCUT2D eigenvalue weighted by atomic mass is 16.1. The molecule has 0 N–H and O–H groups in total. The molecular formula is C12H22O2. The third-order valence-electron chi connectivity index (χ3n) is 2.37. The van der Waals surface area contributed by atoms with Crippen molar-refractivity contribution in [3.63, 3.8) is 0 Å². The van der Waals surface area contributed by atoms with E-state index in [1.54, 1.807) is 0 Å². The molecule has 0 atom stereocenters. The van der Waals surface area contributed by atoms with Gasteiger partial charge in [0, 0.05) is 19.3 Å². The number of ketones is 1. The van der Waals surface area contributed by atoms with E-state index in [2.05, 4.69) is 6.92 Å². The quantitative estimate of drug-likeness (QED) is 0.443. The number of hydrogen-bond acceptors (Lipinski definition) is 2. The molecule has 0 aliphatic heterocycles. The van der Waals surface area contributed by atoms with Gasteiger partial charge in [0.15, 0.2) is 0 Å².